The lowest BCUT2D eigenvalue weighted by molar-refractivity contribution is -0.116. The first-order chi connectivity index (χ1) is 16.2. The van der Waals surface area contributed by atoms with Gasteiger partial charge in [0.2, 0.25) is 5.91 Å². The first-order valence-electron chi connectivity index (χ1n) is 10.8. The van der Waals surface area contributed by atoms with Gasteiger partial charge in [-0.05, 0) is 39.6 Å². The zero-order valence-electron chi connectivity index (χ0n) is 18.3. The van der Waals surface area contributed by atoms with Crippen molar-refractivity contribution < 1.29 is 4.79 Å². The number of anilines is 2. The van der Waals surface area contributed by atoms with Gasteiger partial charge in [0.1, 0.15) is 5.69 Å². The lowest BCUT2D eigenvalue weighted by atomic mass is 9.98. The fourth-order valence-corrected chi connectivity index (χ4v) is 3.52. The molecule has 0 spiro atoms. The first-order valence-corrected chi connectivity index (χ1v) is 10.8. The van der Waals surface area contributed by atoms with Gasteiger partial charge in [-0.25, -0.2) is 5.10 Å². The van der Waals surface area contributed by atoms with Gasteiger partial charge in [0.15, 0.2) is 5.82 Å². The van der Waals surface area contributed by atoms with Crippen molar-refractivity contribution in [2.45, 2.75) is 32.7 Å². The van der Waals surface area contributed by atoms with E-state index in [-0.39, 0.29) is 11.5 Å². The first kappa shape index (κ1) is 21.9. The SMILES string of the molecule is CCCCC(=O)Nc1cc[nH]c(=O)c1NCc1ccc(-c2ccccc2-c2nnn[nH]2)cc1. The Morgan fingerprint density at radius 1 is 1.03 bits per heavy atom. The van der Waals surface area contributed by atoms with E-state index in [1.165, 1.54) is 6.20 Å². The molecule has 0 aliphatic heterocycles. The maximum atomic E-state index is 12.4. The maximum absolute atomic E-state index is 12.4. The molecule has 0 atom stereocenters. The number of H-pyrrole nitrogens is 2. The number of hydrogen-bond acceptors (Lipinski definition) is 6. The van der Waals surface area contributed by atoms with Gasteiger partial charge in [-0.3, -0.25) is 9.59 Å². The second-order valence-corrected chi connectivity index (χ2v) is 7.59. The molecule has 9 nitrogen and oxygen atoms in total. The summed E-state index contributed by atoms with van der Waals surface area (Å²) in [5, 5.41) is 20.1. The van der Waals surface area contributed by atoms with Crippen molar-refractivity contribution in [2.24, 2.45) is 0 Å². The van der Waals surface area contributed by atoms with Gasteiger partial charge in [0.25, 0.3) is 5.56 Å². The molecule has 2 heterocycles. The molecule has 4 aromatic rings. The average molecular weight is 444 g/mol. The van der Waals surface area contributed by atoms with Crippen molar-refractivity contribution in [3.8, 4) is 22.5 Å². The van der Waals surface area contributed by atoms with Crippen molar-refractivity contribution in [3.63, 3.8) is 0 Å². The molecule has 168 valence electrons. The summed E-state index contributed by atoms with van der Waals surface area (Å²) in [7, 11) is 0. The van der Waals surface area contributed by atoms with Crippen LogP contribution in [0.15, 0.2) is 65.6 Å². The van der Waals surface area contributed by atoms with Crippen LogP contribution in [0.4, 0.5) is 11.4 Å². The van der Waals surface area contributed by atoms with Crippen molar-refractivity contribution in [1.29, 1.82) is 0 Å². The Hall–Kier alpha value is -4.27. The number of benzene rings is 2. The molecule has 0 unspecified atom stereocenters. The Labute approximate surface area is 190 Å². The van der Waals surface area contributed by atoms with E-state index in [1.54, 1.807) is 6.07 Å². The number of hydrogen-bond donors (Lipinski definition) is 4. The molecule has 0 saturated heterocycles. The fraction of sp³-hybridized carbons (Fsp3) is 0.208. The normalized spacial score (nSPS) is 10.7. The molecule has 0 bridgehead atoms. The predicted octanol–water partition coefficient (Wildman–Crippen LogP) is 3.96. The van der Waals surface area contributed by atoms with Crippen LogP contribution >= 0.6 is 0 Å². The zero-order valence-corrected chi connectivity index (χ0v) is 18.3. The lowest BCUT2D eigenvalue weighted by Gasteiger charge is -2.13. The lowest BCUT2D eigenvalue weighted by Crippen LogP contribution is -2.19. The van der Waals surface area contributed by atoms with Gasteiger partial charge in [0.05, 0.1) is 5.69 Å². The minimum absolute atomic E-state index is 0.101. The van der Waals surface area contributed by atoms with Crippen LogP contribution in [-0.4, -0.2) is 31.5 Å². The Bertz CT molecular complexity index is 1260. The van der Waals surface area contributed by atoms with Crippen LogP contribution < -0.4 is 16.2 Å². The van der Waals surface area contributed by atoms with E-state index in [0.29, 0.717) is 30.2 Å². The van der Waals surface area contributed by atoms with Crippen LogP contribution in [0.1, 0.15) is 31.7 Å². The number of nitrogens with zero attached hydrogens (tertiary/aromatic N) is 3. The Kier molecular flexibility index (Phi) is 6.89. The molecule has 1 amide bonds. The summed E-state index contributed by atoms with van der Waals surface area (Å²) in [6.07, 6.45) is 3.69. The van der Waals surface area contributed by atoms with Gasteiger partial charge in [-0.1, -0.05) is 61.9 Å². The van der Waals surface area contributed by atoms with Crippen LogP contribution in [0.2, 0.25) is 0 Å². The Balaban J connectivity index is 1.49. The molecule has 0 aliphatic rings. The molecule has 0 radical (unpaired) electrons. The highest BCUT2D eigenvalue weighted by Gasteiger charge is 2.12. The van der Waals surface area contributed by atoms with E-state index in [9.17, 15) is 9.59 Å². The second-order valence-electron chi connectivity index (χ2n) is 7.59. The Morgan fingerprint density at radius 2 is 1.82 bits per heavy atom. The van der Waals surface area contributed by atoms with E-state index < -0.39 is 0 Å². The van der Waals surface area contributed by atoms with Crippen LogP contribution in [0, 0.1) is 0 Å². The highest BCUT2D eigenvalue weighted by atomic mass is 16.1. The van der Waals surface area contributed by atoms with E-state index in [1.807, 2.05) is 55.5 Å². The van der Waals surface area contributed by atoms with Crippen LogP contribution in [0.5, 0.6) is 0 Å². The number of aromatic amines is 2. The molecule has 4 rings (SSSR count). The topological polar surface area (TPSA) is 128 Å². The van der Waals surface area contributed by atoms with Crippen molar-refractivity contribution in [3.05, 3.63) is 76.7 Å². The third kappa shape index (κ3) is 5.32. The van der Waals surface area contributed by atoms with E-state index >= 15 is 0 Å². The molecule has 4 N–H and O–H groups in total. The minimum Gasteiger partial charge on any atom is -0.375 e. The minimum atomic E-state index is -0.283. The summed E-state index contributed by atoms with van der Waals surface area (Å²) in [6.45, 7) is 2.46. The van der Waals surface area contributed by atoms with Crippen LogP contribution in [0.25, 0.3) is 22.5 Å². The molecule has 2 aromatic heterocycles. The summed E-state index contributed by atoms with van der Waals surface area (Å²) in [5.74, 6) is 0.503. The molecule has 0 saturated carbocycles. The molecule has 0 fully saturated rings. The highest BCUT2D eigenvalue weighted by Crippen LogP contribution is 2.29. The molecule has 2 aromatic carbocycles. The molecular formula is C24H25N7O2. The highest BCUT2D eigenvalue weighted by molar-refractivity contribution is 5.93. The Morgan fingerprint density at radius 3 is 2.55 bits per heavy atom. The number of aromatic nitrogens is 5. The molecular weight excluding hydrogens is 418 g/mol. The van der Waals surface area contributed by atoms with Crippen molar-refractivity contribution in [1.82, 2.24) is 25.6 Å². The third-order valence-electron chi connectivity index (χ3n) is 5.25. The number of nitrogens with one attached hydrogen (secondary N) is 4. The van der Waals surface area contributed by atoms with E-state index in [2.05, 4.69) is 36.2 Å². The zero-order chi connectivity index (χ0) is 23.0. The number of amides is 1. The van der Waals surface area contributed by atoms with E-state index in [4.69, 9.17) is 0 Å². The predicted molar refractivity (Wildman–Crippen MR) is 128 cm³/mol. The summed E-state index contributed by atoms with van der Waals surface area (Å²) < 4.78 is 0. The third-order valence-corrected chi connectivity index (χ3v) is 5.25. The van der Waals surface area contributed by atoms with E-state index in [0.717, 1.165) is 35.1 Å². The molecule has 33 heavy (non-hydrogen) atoms. The molecule has 0 aliphatic carbocycles. The average Bonchev–Trinajstić information content (AvgIpc) is 3.38. The summed E-state index contributed by atoms with van der Waals surface area (Å²) in [6, 6.07) is 17.6. The second kappa shape index (κ2) is 10.4. The van der Waals surface area contributed by atoms with Gasteiger partial charge < -0.3 is 15.6 Å². The molecule has 9 heteroatoms. The quantitative estimate of drug-likeness (QED) is 0.310. The monoisotopic (exact) mass is 443 g/mol. The summed E-state index contributed by atoms with van der Waals surface area (Å²) >= 11 is 0. The number of pyridine rings is 1. The fourth-order valence-electron chi connectivity index (χ4n) is 3.52. The van der Waals surface area contributed by atoms with Gasteiger partial charge in [-0.15, -0.1) is 5.10 Å². The number of unbranched alkanes of at least 4 members (excludes halogenated alkanes) is 1. The smallest absolute Gasteiger partial charge is 0.273 e. The maximum Gasteiger partial charge on any atom is 0.273 e. The number of carbonyl (C=O) groups is 1. The number of carbonyl (C=O) groups excluding carboxylic acids is 1. The summed E-state index contributed by atoms with van der Waals surface area (Å²) in [5.41, 5.74) is 4.46. The van der Waals surface area contributed by atoms with Crippen molar-refractivity contribution in [2.75, 3.05) is 10.6 Å². The van der Waals surface area contributed by atoms with Gasteiger partial charge in [-0.2, -0.15) is 0 Å². The van der Waals surface area contributed by atoms with Crippen LogP contribution in [-0.2, 0) is 11.3 Å². The standard InChI is InChI=1S/C24H25N7O2/c1-2-3-8-21(32)27-20-13-14-25-24(33)22(20)26-15-16-9-11-17(12-10-16)18-6-4-5-7-19(18)23-28-30-31-29-23/h4-7,9-14,26H,2-3,8,15H2,1H3,(H2,25,27,32,33)(H,28,29,30,31). The summed E-state index contributed by atoms with van der Waals surface area (Å²) in [4.78, 5) is 27.1. The van der Waals surface area contributed by atoms with Gasteiger partial charge >= 0.3 is 0 Å². The van der Waals surface area contributed by atoms with Crippen LogP contribution in [0.3, 0.4) is 0 Å². The number of tetrazole rings is 1. The largest absolute Gasteiger partial charge is 0.375 e. The van der Waals surface area contributed by atoms with Crippen molar-refractivity contribution >= 4 is 17.3 Å². The van der Waals surface area contributed by atoms with Gasteiger partial charge in [0, 0.05) is 24.7 Å². The number of rotatable bonds is 9.